The summed E-state index contributed by atoms with van der Waals surface area (Å²) in [7, 11) is 0. The van der Waals surface area contributed by atoms with E-state index in [1.165, 1.54) is 11.8 Å². The molecule has 1 saturated heterocycles. The molecule has 0 saturated carbocycles. The number of aromatic nitrogens is 4. The summed E-state index contributed by atoms with van der Waals surface area (Å²) in [6, 6.07) is 7.80. The summed E-state index contributed by atoms with van der Waals surface area (Å²) in [5, 5.41) is 10.3. The van der Waals surface area contributed by atoms with Crippen molar-refractivity contribution in [2.75, 3.05) is 12.3 Å². The number of Topliss-reactive ketones (excluding diaryl/α,β-unsaturated/α-hetero) is 1. The predicted octanol–water partition coefficient (Wildman–Crippen LogP) is 3.66. The Morgan fingerprint density at radius 3 is 2.93 bits per heavy atom. The van der Waals surface area contributed by atoms with E-state index in [1.54, 1.807) is 6.20 Å². The van der Waals surface area contributed by atoms with E-state index in [0.717, 1.165) is 47.7 Å². The van der Waals surface area contributed by atoms with E-state index < -0.39 is 0 Å². The molecule has 7 nitrogen and oxygen atoms in total. The fourth-order valence-electron chi connectivity index (χ4n) is 3.75. The summed E-state index contributed by atoms with van der Waals surface area (Å²) < 4.78 is 2.01. The number of likely N-dealkylation sites (tertiary alicyclic amines) is 1. The minimum absolute atomic E-state index is 0.0577. The lowest BCUT2D eigenvalue weighted by Gasteiger charge is -2.20. The van der Waals surface area contributed by atoms with E-state index in [1.807, 2.05) is 40.7 Å². The number of hydrogen-bond donors (Lipinski definition) is 1. The van der Waals surface area contributed by atoms with Gasteiger partial charge in [-0.3, -0.25) is 9.59 Å². The number of thioether (sulfide) groups is 1. The normalized spacial score (nSPS) is 15.1. The smallest absolute Gasteiger partial charge is 0.222 e. The fraction of sp³-hybridized carbons (Fsp3) is 0.429. The van der Waals surface area contributed by atoms with Crippen LogP contribution >= 0.6 is 11.8 Å². The Hall–Kier alpha value is -2.61. The SMILES string of the molecule is CCn1c(CN2CCCCCC2=O)nnc1SCC(=O)c1c[nH]c2ccccc12. The maximum absolute atomic E-state index is 12.7. The molecule has 1 aliphatic rings. The van der Waals surface area contributed by atoms with Gasteiger partial charge in [0.05, 0.1) is 12.3 Å². The average Bonchev–Trinajstić information content (AvgIpc) is 3.28. The number of para-hydroxylation sites is 1. The van der Waals surface area contributed by atoms with Gasteiger partial charge >= 0.3 is 0 Å². The first-order valence-electron chi connectivity index (χ1n) is 10.1. The third-order valence-electron chi connectivity index (χ3n) is 5.34. The van der Waals surface area contributed by atoms with Crippen LogP contribution in [0.4, 0.5) is 0 Å². The van der Waals surface area contributed by atoms with Crippen LogP contribution in [0.1, 0.15) is 48.8 Å². The van der Waals surface area contributed by atoms with Gasteiger partial charge in [0.15, 0.2) is 16.8 Å². The molecule has 1 aliphatic heterocycles. The van der Waals surface area contributed by atoms with E-state index in [0.29, 0.717) is 30.8 Å². The average molecular weight is 412 g/mol. The molecule has 0 unspecified atom stereocenters. The molecule has 0 radical (unpaired) electrons. The van der Waals surface area contributed by atoms with E-state index in [2.05, 4.69) is 15.2 Å². The van der Waals surface area contributed by atoms with Crippen LogP contribution in [0.25, 0.3) is 10.9 Å². The van der Waals surface area contributed by atoms with Crippen molar-refractivity contribution in [1.82, 2.24) is 24.6 Å². The van der Waals surface area contributed by atoms with Crippen molar-refractivity contribution in [3.8, 4) is 0 Å². The van der Waals surface area contributed by atoms with E-state index in [4.69, 9.17) is 0 Å². The first kappa shape index (κ1) is 19.7. The van der Waals surface area contributed by atoms with E-state index in [-0.39, 0.29) is 11.7 Å². The number of aromatic amines is 1. The molecule has 1 fully saturated rings. The summed E-state index contributed by atoms with van der Waals surface area (Å²) in [5.74, 6) is 1.33. The Labute approximate surface area is 173 Å². The van der Waals surface area contributed by atoms with Gasteiger partial charge < -0.3 is 14.5 Å². The second kappa shape index (κ2) is 8.82. The molecular formula is C21H25N5O2S. The monoisotopic (exact) mass is 411 g/mol. The molecule has 29 heavy (non-hydrogen) atoms. The highest BCUT2D eigenvalue weighted by Gasteiger charge is 2.21. The van der Waals surface area contributed by atoms with Crippen LogP contribution in [0, 0.1) is 0 Å². The number of benzene rings is 1. The summed E-state index contributed by atoms with van der Waals surface area (Å²) in [6.45, 7) is 3.99. The van der Waals surface area contributed by atoms with Crippen molar-refractivity contribution in [3.05, 3.63) is 41.9 Å². The highest BCUT2D eigenvalue weighted by Crippen LogP contribution is 2.23. The van der Waals surface area contributed by atoms with Gasteiger partial charge in [0, 0.05) is 42.2 Å². The number of fused-ring (bicyclic) bond motifs is 1. The lowest BCUT2D eigenvalue weighted by molar-refractivity contribution is -0.131. The molecule has 0 atom stereocenters. The van der Waals surface area contributed by atoms with Crippen LogP contribution in [0.2, 0.25) is 0 Å². The van der Waals surface area contributed by atoms with Crippen molar-refractivity contribution in [2.45, 2.75) is 50.9 Å². The molecule has 0 aliphatic carbocycles. The number of rotatable bonds is 7. The Kier molecular flexibility index (Phi) is 5.99. The predicted molar refractivity (Wildman–Crippen MR) is 113 cm³/mol. The Morgan fingerprint density at radius 2 is 2.07 bits per heavy atom. The number of nitrogens with zero attached hydrogens (tertiary/aromatic N) is 4. The summed E-state index contributed by atoms with van der Waals surface area (Å²) in [4.78, 5) is 30.1. The van der Waals surface area contributed by atoms with Crippen molar-refractivity contribution in [1.29, 1.82) is 0 Å². The van der Waals surface area contributed by atoms with Crippen LogP contribution in [-0.2, 0) is 17.9 Å². The minimum atomic E-state index is 0.0577. The van der Waals surface area contributed by atoms with Crippen LogP contribution < -0.4 is 0 Å². The van der Waals surface area contributed by atoms with Crippen molar-refractivity contribution in [2.24, 2.45) is 0 Å². The van der Waals surface area contributed by atoms with Gasteiger partial charge in [-0.1, -0.05) is 36.4 Å². The molecule has 152 valence electrons. The lowest BCUT2D eigenvalue weighted by atomic mass is 10.1. The van der Waals surface area contributed by atoms with E-state index >= 15 is 0 Å². The first-order valence-corrected chi connectivity index (χ1v) is 11.1. The van der Waals surface area contributed by atoms with Gasteiger partial charge in [0.1, 0.15) is 0 Å². The number of nitrogens with one attached hydrogen (secondary N) is 1. The molecule has 2 aromatic heterocycles. The maximum atomic E-state index is 12.7. The zero-order chi connectivity index (χ0) is 20.2. The van der Waals surface area contributed by atoms with Crippen LogP contribution in [0.5, 0.6) is 0 Å². The fourth-order valence-corrected chi connectivity index (χ4v) is 4.65. The number of H-pyrrole nitrogens is 1. The Balaban J connectivity index is 1.45. The number of amides is 1. The number of hydrogen-bond acceptors (Lipinski definition) is 5. The summed E-state index contributed by atoms with van der Waals surface area (Å²) >= 11 is 1.40. The zero-order valence-electron chi connectivity index (χ0n) is 16.6. The van der Waals surface area contributed by atoms with Crippen LogP contribution in [0.15, 0.2) is 35.6 Å². The molecule has 0 spiro atoms. The van der Waals surface area contributed by atoms with Crippen molar-refractivity contribution < 1.29 is 9.59 Å². The molecule has 3 heterocycles. The van der Waals surface area contributed by atoms with Crippen LogP contribution in [-0.4, -0.2) is 48.6 Å². The topological polar surface area (TPSA) is 83.9 Å². The standard InChI is InChI=1S/C21H25N5O2S/c1-2-26-19(13-25-11-7-3-4-10-20(25)28)23-24-21(26)29-14-18(27)16-12-22-17-9-6-5-8-15(16)17/h5-6,8-9,12,22H,2-4,7,10-11,13-14H2,1H3. The van der Waals surface area contributed by atoms with Gasteiger partial charge in [-0.2, -0.15) is 0 Å². The van der Waals surface area contributed by atoms with Gasteiger partial charge in [-0.25, -0.2) is 0 Å². The summed E-state index contributed by atoms with van der Waals surface area (Å²) in [5.41, 5.74) is 1.66. The lowest BCUT2D eigenvalue weighted by Crippen LogP contribution is -2.31. The van der Waals surface area contributed by atoms with Gasteiger partial charge in [-0.15, -0.1) is 10.2 Å². The molecular weight excluding hydrogens is 386 g/mol. The Morgan fingerprint density at radius 1 is 1.21 bits per heavy atom. The van der Waals surface area contributed by atoms with Gasteiger partial charge in [0.25, 0.3) is 0 Å². The second-order valence-electron chi connectivity index (χ2n) is 7.23. The highest BCUT2D eigenvalue weighted by atomic mass is 32.2. The van der Waals surface area contributed by atoms with E-state index in [9.17, 15) is 9.59 Å². The van der Waals surface area contributed by atoms with Crippen LogP contribution in [0.3, 0.4) is 0 Å². The molecule has 4 rings (SSSR count). The second-order valence-corrected chi connectivity index (χ2v) is 8.17. The third-order valence-corrected chi connectivity index (χ3v) is 6.30. The summed E-state index contributed by atoms with van der Waals surface area (Å²) in [6.07, 6.45) is 5.48. The number of carbonyl (C=O) groups is 2. The minimum Gasteiger partial charge on any atom is -0.360 e. The van der Waals surface area contributed by atoms with Gasteiger partial charge in [-0.05, 0) is 25.8 Å². The van der Waals surface area contributed by atoms with Gasteiger partial charge in [0.2, 0.25) is 5.91 Å². The van der Waals surface area contributed by atoms with Crippen molar-refractivity contribution >= 4 is 34.4 Å². The largest absolute Gasteiger partial charge is 0.360 e. The molecule has 0 bridgehead atoms. The molecule has 1 N–H and O–H groups in total. The molecule has 1 aromatic carbocycles. The molecule has 1 amide bonds. The highest BCUT2D eigenvalue weighted by molar-refractivity contribution is 7.99. The quantitative estimate of drug-likeness (QED) is 0.474. The third kappa shape index (κ3) is 4.22. The first-order chi connectivity index (χ1) is 14.2. The molecule has 8 heteroatoms. The maximum Gasteiger partial charge on any atom is 0.222 e. The molecule has 3 aromatic rings. The number of ketones is 1. The Bertz CT molecular complexity index is 1030. The number of carbonyl (C=O) groups excluding carboxylic acids is 2. The zero-order valence-corrected chi connectivity index (χ0v) is 17.4. The van der Waals surface area contributed by atoms with Crippen molar-refractivity contribution in [3.63, 3.8) is 0 Å².